The molecule has 0 aliphatic heterocycles. The lowest BCUT2D eigenvalue weighted by Crippen LogP contribution is -2.22. The van der Waals surface area contributed by atoms with Gasteiger partial charge in [-0.2, -0.15) is 0 Å². The first kappa shape index (κ1) is 9.59. The fraction of sp³-hybridized carbons (Fsp3) is 0.455. The minimum Gasteiger partial charge on any atom is -0.327 e. The molecule has 0 radical (unpaired) electrons. The molecule has 76 valence electrons. The van der Waals surface area contributed by atoms with Crippen LogP contribution in [0.5, 0.6) is 0 Å². The molecule has 0 bridgehead atoms. The summed E-state index contributed by atoms with van der Waals surface area (Å²) in [6.45, 7) is 0. The molecule has 1 aliphatic rings. The predicted octanol–water partition coefficient (Wildman–Crippen LogP) is 2.56. The largest absolute Gasteiger partial charge is 0.327 e. The molecule has 0 aromatic heterocycles. The fourth-order valence-corrected chi connectivity index (χ4v) is 2.19. The molecule has 2 N–H and O–H groups in total. The monoisotopic (exact) mass is 197 g/mol. The zero-order chi connectivity index (χ0) is 10.1. The minimum absolute atomic E-state index is 0.0520. The Morgan fingerprint density at radius 2 is 1.71 bits per heavy atom. The Labute approximate surface area is 81.9 Å². The topological polar surface area (TPSA) is 26.0 Å². The number of halogens is 2. The lowest BCUT2D eigenvalue weighted by Gasteiger charge is -2.15. The van der Waals surface area contributed by atoms with E-state index in [4.69, 9.17) is 5.73 Å². The van der Waals surface area contributed by atoms with Gasteiger partial charge in [-0.1, -0.05) is 6.42 Å². The lowest BCUT2D eigenvalue weighted by molar-refractivity contribution is 0.561. The third-order valence-electron chi connectivity index (χ3n) is 2.88. The highest BCUT2D eigenvalue weighted by Gasteiger charge is 2.25. The Morgan fingerprint density at radius 1 is 1.07 bits per heavy atom. The molecule has 1 saturated carbocycles. The van der Waals surface area contributed by atoms with Gasteiger partial charge in [-0.25, -0.2) is 8.78 Å². The van der Waals surface area contributed by atoms with E-state index in [9.17, 15) is 8.78 Å². The molecule has 14 heavy (non-hydrogen) atoms. The Kier molecular flexibility index (Phi) is 2.50. The van der Waals surface area contributed by atoms with Gasteiger partial charge in [-0.3, -0.25) is 0 Å². The Bertz CT molecular complexity index is 318. The summed E-state index contributed by atoms with van der Waals surface area (Å²) in [4.78, 5) is 0. The van der Waals surface area contributed by atoms with Gasteiger partial charge in [0.25, 0.3) is 0 Å². The number of benzene rings is 1. The van der Waals surface area contributed by atoms with Crippen LogP contribution in [0.1, 0.15) is 30.7 Å². The summed E-state index contributed by atoms with van der Waals surface area (Å²) in [7, 11) is 0. The number of rotatable bonds is 1. The zero-order valence-electron chi connectivity index (χ0n) is 7.84. The Morgan fingerprint density at radius 3 is 2.21 bits per heavy atom. The van der Waals surface area contributed by atoms with Gasteiger partial charge >= 0.3 is 0 Å². The van der Waals surface area contributed by atoms with Crippen LogP contribution in [0.2, 0.25) is 0 Å². The van der Waals surface area contributed by atoms with Crippen LogP contribution in [0.4, 0.5) is 8.78 Å². The Hall–Kier alpha value is -0.960. The van der Waals surface area contributed by atoms with E-state index in [0.717, 1.165) is 25.3 Å². The van der Waals surface area contributed by atoms with Crippen LogP contribution in [0, 0.1) is 11.6 Å². The van der Waals surface area contributed by atoms with Crippen LogP contribution in [-0.2, 0) is 0 Å². The molecule has 0 unspecified atom stereocenters. The van der Waals surface area contributed by atoms with Crippen molar-refractivity contribution in [2.45, 2.75) is 31.2 Å². The molecule has 0 heterocycles. The second kappa shape index (κ2) is 3.65. The van der Waals surface area contributed by atoms with Crippen molar-refractivity contribution in [1.82, 2.24) is 0 Å². The molecule has 0 spiro atoms. The summed E-state index contributed by atoms with van der Waals surface area (Å²) in [5, 5.41) is 0. The lowest BCUT2D eigenvalue weighted by atomic mass is 9.94. The van der Waals surface area contributed by atoms with Crippen LogP contribution in [0.25, 0.3) is 0 Å². The van der Waals surface area contributed by atoms with Gasteiger partial charge in [0.15, 0.2) is 0 Å². The highest BCUT2D eigenvalue weighted by atomic mass is 19.1. The molecule has 1 aliphatic carbocycles. The molecular formula is C11H13F2N. The molecule has 1 aromatic carbocycles. The number of hydrogen-bond acceptors (Lipinski definition) is 1. The van der Waals surface area contributed by atoms with Crippen molar-refractivity contribution in [2.24, 2.45) is 5.73 Å². The van der Waals surface area contributed by atoms with Crippen molar-refractivity contribution in [2.75, 3.05) is 0 Å². The highest BCUT2D eigenvalue weighted by molar-refractivity contribution is 5.24. The van der Waals surface area contributed by atoms with E-state index < -0.39 is 11.6 Å². The van der Waals surface area contributed by atoms with Crippen molar-refractivity contribution in [1.29, 1.82) is 0 Å². The van der Waals surface area contributed by atoms with Crippen LogP contribution >= 0.6 is 0 Å². The first-order valence-electron chi connectivity index (χ1n) is 4.88. The standard InChI is InChI=1S/C11H13F2N/c12-8-4-7(5-9(13)6-8)10-2-1-3-11(10)14/h4-6,10-11H,1-3,14H2/t10-,11+/m1/s1. The summed E-state index contributed by atoms with van der Waals surface area (Å²) in [5.74, 6) is -0.904. The van der Waals surface area contributed by atoms with E-state index in [-0.39, 0.29) is 12.0 Å². The average molecular weight is 197 g/mol. The third-order valence-corrected chi connectivity index (χ3v) is 2.88. The van der Waals surface area contributed by atoms with Gasteiger partial charge in [0.2, 0.25) is 0 Å². The van der Waals surface area contributed by atoms with Crippen LogP contribution in [0.3, 0.4) is 0 Å². The van der Waals surface area contributed by atoms with Crippen LogP contribution < -0.4 is 5.73 Å². The molecule has 0 saturated heterocycles. The van der Waals surface area contributed by atoms with Gasteiger partial charge in [0.1, 0.15) is 11.6 Å². The van der Waals surface area contributed by atoms with Crippen molar-refractivity contribution < 1.29 is 8.78 Å². The van der Waals surface area contributed by atoms with Gasteiger partial charge in [0, 0.05) is 12.1 Å². The second-order valence-electron chi connectivity index (χ2n) is 3.90. The summed E-state index contributed by atoms with van der Waals surface area (Å²) in [6.07, 6.45) is 2.93. The maximum Gasteiger partial charge on any atom is 0.126 e. The fourth-order valence-electron chi connectivity index (χ4n) is 2.19. The predicted molar refractivity (Wildman–Crippen MR) is 50.9 cm³/mol. The van der Waals surface area contributed by atoms with Gasteiger partial charge < -0.3 is 5.73 Å². The summed E-state index contributed by atoms with van der Waals surface area (Å²) < 4.78 is 25.9. The number of hydrogen-bond donors (Lipinski definition) is 1. The van der Waals surface area contributed by atoms with Crippen LogP contribution in [0.15, 0.2) is 18.2 Å². The quantitative estimate of drug-likeness (QED) is 0.735. The molecular weight excluding hydrogens is 184 g/mol. The van der Waals surface area contributed by atoms with Gasteiger partial charge in [0.05, 0.1) is 0 Å². The second-order valence-corrected chi connectivity index (χ2v) is 3.90. The molecule has 2 atom stereocenters. The zero-order valence-corrected chi connectivity index (χ0v) is 7.84. The van der Waals surface area contributed by atoms with Gasteiger partial charge in [-0.15, -0.1) is 0 Å². The van der Waals surface area contributed by atoms with Crippen molar-refractivity contribution >= 4 is 0 Å². The normalized spacial score (nSPS) is 26.8. The molecule has 1 nitrogen and oxygen atoms in total. The summed E-state index contributed by atoms with van der Waals surface area (Å²) in [6, 6.07) is 3.72. The highest BCUT2D eigenvalue weighted by Crippen LogP contribution is 2.33. The number of nitrogens with two attached hydrogens (primary N) is 1. The first-order chi connectivity index (χ1) is 6.66. The van der Waals surface area contributed by atoms with Crippen molar-refractivity contribution in [3.8, 4) is 0 Å². The van der Waals surface area contributed by atoms with E-state index in [1.807, 2.05) is 0 Å². The van der Waals surface area contributed by atoms with E-state index in [1.165, 1.54) is 12.1 Å². The molecule has 1 fully saturated rings. The molecule has 3 heteroatoms. The van der Waals surface area contributed by atoms with Crippen LogP contribution in [-0.4, -0.2) is 6.04 Å². The SMILES string of the molecule is N[C@H]1CCC[C@@H]1c1cc(F)cc(F)c1. The summed E-state index contributed by atoms with van der Waals surface area (Å²) in [5.41, 5.74) is 6.57. The first-order valence-corrected chi connectivity index (χ1v) is 4.88. The van der Waals surface area contributed by atoms with E-state index >= 15 is 0 Å². The van der Waals surface area contributed by atoms with E-state index in [2.05, 4.69) is 0 Å². The van der Waals surface area contributed by atoms with E-state index in [0.29, 0.717) is 5.56 Å². The maximum atomic E-state index is 12.9. The third kappa shape index (κ3) is 1.77. The summed E-state index contributed by atoms with van der Waals surface area (Å²) >= 11 is 0. The van der Waals surface area contributed by atoms with Gasteiger partial charge in [-0.05, 0) is 36.5 Å². The smallest absolute Gasteiger partial charge is 0.126 e. The Balaban J connectivity index is 2.31. The minimum atomic E-state index is -0.515. The maximum absolute atomic E-state index is 12.9. The van der Waals surface area contributed by atoms with E-state index in [1.54, 1.807) is 0 Å². The molecule has 1 aromatic rings. The molecule has 2 rings (SSSR count). The van der Waals surface area contributed by atoms with Crippen molar-refractivity contribution in [3.05, 3.63) is 35.4 Å². The average Bonchev–Trinajstić information content (AvgIpc) is 2.49. The molecule has 0 amide bonds. The van der Waals surface area contributed by atoms with Crippen molar-refractivity contribution in [3.63, 3.8) is 0 Å².